The molecule has 3 amide bonds. The van der Waals surface area contributed by atoms with Crippen LogP contribution in [0, 0.1) is 23.2 Å². The van der Waals surface area contributed by atoms with Gasteiger partial charge in [0.25, 0.3) is 5.91 Å². The lowest BCUT2D eigenvalue weighted by Crippen LogP contribution is -2.66. The predicted molar refractivity (Wildman–Crippen MR) is 122 cm³/mol. The maximum absolute atomic E-state index is 14.0. The van der Waals surface area contributed by atoms with Gasteiger partial charge in [-0.15, -0.1) is 0 Å². The molecule has 4 fully saturated rings. The minimum Gasteiger partial charge on any atom is -0.358 e. The third kappa shape index (κ3) is 4.81. The Morgan fingerprint density at radius 1 is 1.14 bits per heavy atom. The molecule has 4 aliphatic rings. The molecule has 2 atom stereocenters. The zero-order valence-electron chi connectivity index (χ0n) is 20.3. The Kier molecular flexibility index (Phi) is 6.25. The maximum atomic E-state index is 14.0. The first kappa shape index (κ1) is 25.2. The van der Waals surface area contributed by atoms with E-state index >= 15 is 0 Å². The van der Waals surface area contributed by atoms with E-state index in [1.165, 1.54) is 20.0 Å². The van der Waals surface area contributed by atoms with E-state index in [-0.39, 0.29) is 35.2 Å². The summed E-state index contributed by atoms with van der Waals surface area (Å²) in [6, 6.07) is -0.243. The zero-order valence-corrected chi connectivity index (χ0v) is 20.3. The summed E-state index contributed by atoms with van der Waals surface area (Å²) >= 11 is 0. The van der Waals surface area contributed by atoms with Crippen LogP contribution in [0.15, 0.2) is 12.3 Å². The Labute approximate surface area is 202 Å². The number of rotatable bonds is 6. The molecule has 11 heteroatoms. The van der Waals surface area contributed by atoms with E-state index in [0.717, 1.165) is 31.7 Å². The number of carbonyl (C=O) groups is 3. The summed E-state index contributed by atoms with van der Waals surface area (Å²) in [7, 11) is 1.44. The highest BCUT2D eigenvalue weighted by Gasteiger charge is 2.56. The van der Waals surface area contributed by atoms with Gasteiger partial charge in [-0.25, -0.2) is 4.68 Å². The molecular weight excluding hydrogens is 463 g/mol. The normalized spacial score (nSPS) is 29.9. The number of hydrogen-bond donors (Lipinski definition) is 3. The van der Waals surface area contributed by atoms with Crippen molar-refractivity contribution in [2.75, 3.05) is 7.05 Å². The van der Waals surface area contributed by atoms with Crippen molar-refractivity contribution >= 4 is 23.9 Å². The molecule has 0 radical (unpaired) electrons. The fourth-order valence-corrected chi connectivity index (χ4v) is 6.59. The number of nitrogens with zero attached hydrogens (tertiary/aromatic N) is 2. The molecule has 4 bridgehead atoms. The van der Waals surface area contributed by atoms with Crippen molar-refractivity contribution in [1.82, 2.24) is 25.7 Å². The Balaban J connectivity index is 1.56. The number of amides is 3. The first-order chi connectivity index (χ1) is 16.2. The summed E-state index contributed by atoms with van der Waals surface area (Å²) in [6.45, 7) is 4.62. The van der Waals surface area contributed by atoms with Crippen LogP contribution in [0.25, 0.3) is 6.20 Å². The first-order valence-electron chi connectivity index (χ1n) is 11.9. The summed E-state index contributed by atoms with van der Waals surface area (Å²) in [5.41, 5.74) is -3.08. The molecule has 0 aromatic carbocycles. The van der Waals surface area contributed by atoms with Crippen LogP contribution in [0.1, 0.15) is 68.9 Å². The van der Waals surface area contributed by atoms with Crippen LogP contribution in [0.2, 0.25) is 0 Å². The van der Waals surface area contributed by atoms with Gasteiger partial charge in [0.2, 0.25) is 11.8 Å². The average molecular weight is 496 g/mol. The van der Waals surface area contributed by atoms with Crippen LogP contribution in [0.5, 0.6) is 0 Å². The van der Waals surface area contributed by atoms with Gasteiger partial charge < -0.3 is 16.0 Å². The lowest BCUT2D eigenvalue weighted by atomic mass is 9.51. The van der Waals surface area contributed by atoms with Gasteiger partial charge in [0, 0.05) is 31.8 Å². The van der Waals surface area contributed by atoms with E-state index in [0.29, 0.717) is 23.4 Å². The maximum Gasteiger partial charge on any atom is 0.434 e. The van der Waals surface area contributed by atoms with E-state index in [1.54, 1.807) is 13.8 Å². The van der Waals surface area contributed by atoms with Crippen LogP contribution in [-0.4, -0.2) is 46.1 Å². The minimum atomic E-state index is -4.83. The molecule has 1 aromatic rings. The molecule has 5 rings (SSSR count). The Morgan fingerprint density at radius 3 is 2.31 bits per heavy atom. The van der Waals surface area contributed by atoms with Gasteiger partial charge in [-0.1, -0.05) is 6.08 Å². The highest BCUT2D eigenvalue weighted by Crippen LogP contribution is 2.55. The molecule has 2 unspecified atom stereocenters. The average Bonchev–Trinajstić information content (AvgIpc) is 3.17. The smallest absolute Gasteiger partial charge is 0.358 e. The summed E-state index contributed by atoms with van der Waals surface area (Å²) in [5, 5.41) is 12.2. The number of aromatic nitrogens is 2. The molecule has 4 aliphatic carbocycles. The van der Waals surface area contributed by atoms with Crippen LogP contribution in [0.3, 0.4) is 0 Å². The van der Waals surface area contributed by atoms with Crippen LogP contribution in [0.4, 0.5) is 13.2 Å². The molecule has 0 aliphatic heterocycles. The van der Waals surface area contributed by atoms with Crippen molar-refractivity contribution in [2.24, 2.45) is 23.2 Å². The summed E-state index contributed by atoms with van der Waals surface area (Å²) in [5.74, 6) is -0.596. The Morgan fingerprint density at radius 2 is 1.77 bits per heavy atom. The summed E-state index contributed by atoms with van der Waals surface area (Å²) < 4.78 is 42.6. The van der Waals surface area contributed by atoms with Crippen LogP contribution < -0.4 is 16.0 Å². The second-order valence-electron chi connectivity index (χ2n) is 10.9. The highest BCUT2D eigenvalue weighted by molar-refractivity contribution is 5.95. The Hall–Kier alpha value is -2.85. The van der Waals surface area contributed by atoms with Crippen molar-refractivity contribution < 1.29 is 27.6 Å². The topological polar surface area (TPSA) is 105 Å². The standard InChI is InChI=1S/C24H32F3N5O3/c1-13(33)31-23-9-14-7-15(10-23)18(16(8-14)11-23)30-20(34)17-12-29-32(19(17)24(25,26)27)6-5-22(2,3)21(35)28-4/h5-6,12,14-16,18H,7-11H2,1-4H3,(H,28,35)(H,30,34)(H,31,33)/b6-5+. The number of halogens is 3. The van der Waals surface area contributed by atoms with E-state index in [2.05, 4.69) is 21.0 Å². The molecular formula is C24H32F3N5O3. The van der Waals surface area contributed by atoms with Crippen molar-refractivity contribution in [2.45, 2.75) is 70.6 Å². The van der Waals surface area contributed by atoms with Crippen LogP contribution in [-0.2, 0) is 15.8 Å². The molecule has 192 valence electrons. The van der Waals surface area contributed by atoms with E-state index in [4.69, 9.17) is 0 Å². The van der Waals surface area contributed by atoms with E-state index < -0.39 is 28.8 Å². The van der Waals surface area contributed by atoms with Crippen molar-refractivity contribution in [3.63, 3.8) is 0 Å². The molecule has 4 saturated carbocycles. The van der Waals surface area contributed by atoms with Gasteiger partial charge in [-0.05, 0) is 63.7 Å². The number of nitrogens with one attached hydrogen (secondary N) is 3. The molecule has 1 heterocycles. The van der Waals surface area contributed by atoms with Gasteiger partial charge in [0.05, 0.1) is 17.2 Å². The third-order valence-electron chi connectivity index (χ3n) is 7.77. The minimum absolute atomic E-state index is 0.0811. The predicted octanol–water partition coefficient (Wildman–Crippen LogP) is 2.96. The molecule has 8 nitrogen and oxygen atoms in total. The lowest BCUT2D eigenvalue weighted by molar-refractivity contribution is -0.142. The quantitative estimate of drug-likeness (QED) is 0.564. The van der Waals surface area contributed by atoms with Crippen molar-refractivity contribution in [3.8, 4) is 0 Å². The monoisotopic (exact) mass is 495 g/mol. The highest BCUT2D eigenvalue weighted by atomic mass is 19.4. The Bertz CT molecular complexity index is 1050. The number of carbonyl (C=O) groups excluding carboxylic acids is 3. The fraction of sp³-hybridized carbons (Fsp3) is 0.667. The largest absolute Gasteiger partial charge is 0.434 e. The third-order valence-corrected chi connectivity index (χ3v) is 7.77. The molecule has 0 saturated heterocycles. The molecule has 1 aromatic heterocycles. The lowest BCUT2D eigenvalue weighted by Gasteiger charge is -2.60. The molecule has 3 N–H and O–H groups in total. The second kappa shape index (κ2) is 8.67. The van der Waals surface area contributed by atoms with Gasteiger partial charge >= 0.3 is 6.18 Å². The summed E-state index contributed by atoms with van der Waals surface area (Å²) in [4.78, 5) is 36.8. The molecule has 0 spiro atoms. The number of alkyl halides is 3. The van der Waals surface area contributed by atoms with Gasteiger partial charge in [0.1, 0.15) is 0 Å². The first-order valence-corrected chi connectivity index (χ1v) is 11.9. The van der Waals surface area contributed by atoms with Crippen molar-refractivity contribution in [1.29, 1.82) is 0 Å². The molecule has 35 heavy (non-hydrogen) atoms. The zero-order chi connectivity index (χ0) is 25.8. The SMILES string of the molecule is CNC(=O)C(C)(C)/C=C/n1ncc(C(=O)NC2C3CC4CC2CC(NC(C)=O)(C4)C3)c1C(F)(F)F. The van der Waals surface area contributed by atoms with Crippen LogP contribution >= 0.6 is 0 Å². The van der Waals surface area contributed by atoms with E-state index in [1.807, 2.05) is 0 Å². The van der Waals surface area contributed by atoms with E-state index in [9.17, 15) is 27.6 Å². The van der Waals surface area contributed by atoms with Crippen molar-refractivity contribution in [3.05, 3.63) is 23.5 Å². The van der Waals surface area contributed by atoms with Gasteiger partial charge in [0.15, 0.2) is 5.69 Å². The number of hydrogen-bond acceptors (Lipinski definition) is 4. The van der Waals surface area contributed by atoms with Gasteiger partial charge in [-0.2, -0.15) is 18.3 Å². The summed E-state index contributed by atoms with van der Waals surface area (Å²) in [6.07, 6.45) is 2.61. The van der Waals surface area contributed by atoms with Gasteiger partial charge in [-0.3, -0.25) is 14.4 Å². The second-order valence-corrected chi connectivity index (χ2v) is 10.9. The fourth-order valence-electron chi connectivity index (χ4n) is 6.59.